The molecule has 1 aliphatic rings. The van der Waals surface area contributed by atoms with Gasteiger partial charge in [0.25, 0.3) is 0 Å². The summed E-state index contributed by atoms with van der Waals surface area (Å²) in [7, 11) is 3.68. The summed E-state index contributed by atoms with van der Waals surface area (Å²) in [4.78, 5) is 6.61. The molecule has 5 nitrogen and oxygen atoms in total. The van der Waals surface area contributed by atoms with Crippen LogP contribution in [-0.4, -0.2) is 47.3 Å². The quantitative estimate of drug-likeness (QED) is 0.346. The largest absolute Gasteiger partial charge is 0.416 e. The van der Waals surface area contributed by atoms with Crippen molar-refractivity contribution in [2.75, 3.05) is 26.7 Å². The zero-order chi connectivity index (χ0) is 21.0. The maximum atomic E-state index is 12.9. The number of hydrogen-bond donors (Lipinski definition) is 1. The second kappa shape index (κ2) is 10.5. The van der Waals surface area contributed by atoms with E-state index in [1.54, 1.807) is 13.1 Å². The molecule has 3 rings (SSSR count). The minimum Gasteiger partial charge on any atom is -0.356 e. The summed E-state index contributed by atoms with van der Waals surface area (Å²) in [6.45, 7) is 4.41. The van der Waals surface area contributed by atoms with Crippen molar-refractivity contribution >= 4 is 29.9 Å². The number of nitrogens with one attached hydrogen (secondary N) is 1. The number of rotatable bonds is 5. The van der Waals surface area contributed by atoms with Crippen molar-refractivity contribution in [3.8, 4) is 0 Å². The molecular formula is C21H29F3IN5. The normalized spacial score (nSPS) is 18.3. The number of halogens is 4. The van der Waals surface area contributed by atoms with Crippen molar-refractivity contribution in [1.29, 1.82) is 0 Å². The number of nitrogens with zero attached hydrogens (tertiary/aromatic N) is 4. The number of likely N-dealkylation sites (tertiary alicyclic amines) is 1. The lowest BCUT2D eigenvalue weighted by Crippen LogP contribution is -2.40. The zero-order valence-corrected chi connectivity index (χ0v) is 19.8. The van der Waals surface area contributed by atoms with E-state index in [-0.39, 0.29) is 29.9 Å². The average Bonchev–Trinajstić information content (AvgIpc) is 3.33. The van der Waals surface area contributed by atoms with Crippen LogP contribution in [0.1, 0.15) is 48.3 Å². The minimum atomic E-state index is -4.31. The monoisotopic (exact) mass is 535 g/mol. The summed E-state index contributed by atoms with van der Waals surface area (Å²) in [6, 6.07) is 5.60. The van der Waals surface area contributed by atoms with Crippen LogP contribution in [0.5, 0.6) is 0 Å². The Morgan fingerprint density at radius 2 is 2.13 bits per heavy atom. The summed E-state index contributed by atoms with van der Waals surface area (Å²) < 4.78 is 40.6. The van der Waals surface area contributed by atoms with Crippen molar-refractivity contribution in [1.82, 2.24) is 20.0 Å². The van der Waals surface area contributed by atoms with Gasteiger partial charge in [-0.05, 0) is 36.0 Å². The second-order valence-electron chi connectivity index (χ2n) is 7.67. The molecule has 1 saturated heterocycles. The highest BCUT2D eigenvalue weighted by atomic mass is 127. The highest BCUT2D eigenvalue weighted by molar-refractivity contribution is 14.0. The molecule has 30 heavy (non-hydrogen) atoms. The first kappa shape index (κ1) is 24.5. The van der Waals surface area contributed by atoms with Gasteiger partial charge >= 0.3 is 6.18 Å². The Kier molecular flexibility index (Phi) is 8.57. The van der Waals surface area contributed by atoms with Crippen LogP contribution in [-0.2, 0) is 13.2 Å². The van der Waals surface area contributed by atoms with E-state index in [9.17, 15) is 13.2 Å². The first-order chi connectivity index (χ1) is 13.8. The summed E-state index contributed by atoms with van der Waals surface area (Å²) in [5.41, 5.74) is 1.35. The number of benzene rings is 1. The van der Waals surface area contributed by atoms with E-state index in [2.05, 4.69) is 26.5 Å². The molecule has 166 valence electrons. The van der Waals surface area contributed by atoms with Gasteiger partial charge in [0, 0.05) is 45.8 Å². The number of aromatic nitrogens is 2. The van der Waals surface area contributed by atoms with Crippen LogP contribution < -0.4 is 5.32 Å². The van der Waals surface area contributed by atoms with E-state index in [1.165, 1.54) is 17.7 Å². The Morgan fingerprint density at radius 3 is 2.77 bits per heavy atom. The molecule has 1 N–H and O–H groups in total. The lowest BCUT2D eigenvalue weighted by molar-refractivity contribution is -0.137. The summed E-state index contributed by atoms with van der Waals surface area (Å²) in [5, 5.41) is 7.62. The molecule has 0 spiro atoms. The summed E-state index contributed by atoms with van der Waals surface area (Å²) in [5.74, 6) is 1.29. The molecular weight excluding hydrogens is 506 g/mol. The third kappa shape index (κ3) is 6.12. The molecule has 2 atom stereocenters. The molecule has 2 unspecified atom stereocenters. The molecule has 0 amide bonds. The number of aliphatic imine (C=N–C) groups is 1. The lowest BCUT2D eigenvalue weighted by Gasteiger charge is -2.22. The van der Waals surface area contributed by atoms with Crippen LogP contribution in [0.2, 0.25) is 0 Å². The number of alkyl halides is 3. The fourth-order valence-electron chi connectivity index (χ4n) is 3.80. The predicted octanol–water partition coefficient (Wildman–Crippen LogP) is 4.62. The maximum Gasteiger partial charge on any atom is 0.416 e. The summed E-state index contributed by atoms with van der Waals surface area (Å²) >= 11 is 0. The number of guanidine groups is 1. The van der Waals surface area contributed by atoms with Crippen molar-refractivity contribution in [3.63, 3.8) is 0 Å². The Hall–Kier alpha value is -1.78. The first-order valence-electron chi connectivity index (χ1n) is 9.89. The van der Waals surface area contributed by atoms with Gasteiger partial charge in [-0.25, -0.2) is 0 Å². The van der Waals surface area contributed by atoms with Gasteiger partial charge in [-0.2, -0.15) is 18.3 Å². The molecule has 2 heterocycles. The first-order valence-corrected chi connectivity index (χ1v) is 9.89. The Balaban J connectivity index is 0.00000320. The van der Waals surface area contributed by atoms with Gasteiger partial charge in [-0.15, -0.1) is 24.0 Å². The number of aryl methyl sites for hydroxylation is 1. The third-order valence-corrected chi connectivity index (χ3v) is 5.54. The zero-order valence-electron chi connectivity index (χ0n) is 17.5. The molecule has 0 radical (unpaired) electrons. The van der Waals surface area contributed by atoms with Crippen LogP contribution in [0.25, 0.3) is 0 Å². The minimum absolute atomic E-state index is 0. The average molecular weight is 535 g/mol. The maximum absolute atomic E-state index is 12.9. The van der Waals surface area contributed by atoms with Gasteiger partial charge in [-0.3, -0.25) is 9.67 Å². The van der Waals surface area contributed by atoms with Gasteiger partial charge in [0.1, 0.15) is 0 Å². The van der Waals surface area contributed by atoms with E-state index < -0.39 is 11.7 Å². The van der Waals surface area contributed by atoms with Crippen LogP contribution >= 0.6 is 24.0 Å². The fraction of sp³-hybridized carbons (Fsp3) is 0.524. The van der Waals surface area contributed by atoms with Crippen molar-refractivity contribution < 1.29 is 13.2 Å². The van der Waals surface area contributed by atoms with Crippen LogP contribution in [0.3, 0.4) is 0 Å². The van der Waals surface area contributed by atoms with E-state index in [0.29, 0.717) is 18.0 Å². The standard InChI is InChI=1S/C21H28F3N5.HI/c1-15(16-5-4-6-19(11-16)21(22,23)24)7-9-26-20(25-2)29-10-8-17(14-29)18-12-27-28(3)13-18;/h4-6,11-13,15,17H,7-10,14H2,1-3H3,(H,25,26);1H. The molecule has 1 fully saturated rings. The van der Waals surface area contributed by atoms with Gasteiger partial charge in [0.05, 0.1) is 11.8 Å². The Morgan fingerprint density at radius 1 is 1.37 bits per heavy atom. The van der Waals surface area contributed by atoms with E-state index >= 15 is 0 Å². The van der Waals surface area contributed by atoms with E-state index in [1.807, 2.05) is 24.9 Å². The molecule has 0 saturated carbocycles. The van der Waals surface area contributed by atoms with Crippen molar-refractivity contribution in [2.24, 2.45) is 12.0 Å². The number of hydrogen-bond acceptors (Lipinski definition) is 2. The molecule has 9 heteroatoms. The van der Waals surface area contributed by atoms with Gasteiger partial charge in [0.2, 0.25) is 0 Å². The molecule has 0 bridgehead atoms. The second-order valence-corrected chi connectivity index (χ2v) is 7.67. The molecule has 1 aromatic carbocycles. The molecule has 1 aliphatic heterocycles. The van der Waals surface area contributed by atoms with Crippen molar-refractivity contribution in [3.05, 3.63) is 53.3 Å². The Bertz CT molecular complexity index is 849. The molecule has 1 aromatic heterocycles. The smallest absolute Gasteiger partial charge is 0.356 e. The highest BCUT2D eigenvalue weighted by Gasteiger charge is 2.31. The SMILES string of the molecule is CN=C(NCCC(C)c1cccc(C(F)(F)F)c1)N1CCC(c2cnn(C)c2)C1.I. The van der Waals surface area contributed by atoms with Crippen LogP contribution in [0.4, 0.5) is 13.2 Å². The summed E-state index contributed by atoms with van der Waals surface area (Å²) in [6.07, 6.45) is 1.44. The lowest BCUT2D eigenvalue weighted by atomic mass is 9.96. The highest BCUT2D eigenvalue weighted by Crippen LogP contribution is 2.31. The van der Waals surface area contributed by atoms with E-state index in [0.717, 1.165) is 38.0 Å². The molecule has 0 aliphatic carbocycles. The topological polar surface area (TPSA) is 45.5 Å². The van der Waals surface area contributed by atoms with Crippen LogP contribution in [0, 0.1) is 0 Å². The fourth-order valence-corrected chi connectivity index (χ4v) is 3.80. The van der Waals surface area contributed by atoms with Gasteiger partial charge in [-0.1, -0.05) is 25.1 Å². The third-order valence-electron chi connectivity index (χ3n) is 5.54. The van der Waals surface area contributed by atoms with Crippen LogP contribution in [0.15, 0.2) is 41.7 Å². The van der Waals surface area contributed by atoms with Gasteiger partial charge in [0.15, 0.2) is 5.96 Å². The predicted molar refractivity (Wildman–Crippen MR) is 123 cm³/mol. The van der Waals surface area contributed by atoms with E-state index in [4.69, 9.17) is 0 Å². The van der Waals surface area contributed by atoms with Crippen molar-refractivity contribution in [2.45, 2.75) is 37.8 Å². The molecule has 2 aromatic rings. The van der Waals surface area contributed by atoms with Gasteiger partial charge < -0.3 is 10.2 Å². The Labute approximate surface area is 192 Å².